The Morgan fingerprint density at radius 2 is 2.10 bits per heavy atom. The molecule has 2 aromatic rings. The Labute approximate surface area is 136 Å². The van der Waals surface area contributed by atoms with Crippen molar-refractivity contribution in [2.24, 2.45) is 0 Å². The van der Waals surface area contributed by atoms with Gasteiger partial charge in [0.1, 0.15) is 0 Å². The molecule has 0 spiro atoms. The van der Waals surface area contributed by atoms with Gasteiger partial charge in [-0.25, -0.2) is 0 Å². The summed E-state index contributed by atoms with van der Waals surface area (Å²) < 4.78 is 0. The lowest BCUT2D eigenvalue weighted by molar-refractivity contribution is -0.119. The number of carbonyl (C=O) groups is 1. The molecular formula is C15H13ClN2OS2. The number of thiophene rings is 1. The highest BCUT2D eigenvalue weighted by Crippen LogP contribution is 2.25. The summed E-state index contributed by atoms with van der Waals surface area (Å²) >= 11 is 8.81. The van der Waals surface area contributed by atoms with Crippen LogP contribution in [-0.2, 0) is 4.79 Å². The molecule has 1 amide bonds. The minimum Gasteiger partial charge on any atom is -0.344 e. The summed E-state index contributed by atoms with van der Waals surface area (Å²) in [6, 6.07) is 11.3. The summed E-state index contributed by atoms with van der Waals surface area (Å²) in [7, 11) is 0. The molecule has 1 heterocycles. The molecule has 6 heteroatoms. The lowest BCUT2D eigenvalue weighted by atomic mass is 10.0. The Morgan fingerprint density at radius 3 is 2.71 bits per heavy atom. The van der Waals surface area contributed by atoms with E-state index in [2.05, 4.69) is 5.32 Å². The smallest absolute Gasteiger partial charge is 0.230 e. The number of thioether (sulfide) groups is 1. The molecule has 2 rings (SSSR count). The van der Waals surface area contributed by atoms with E-state index in [0.717, 1.165) is 11.1 Å². The van der Waals surface area contributed by atoms with Gasteiger partial charge in [0.25, 0.3) is 0 Å². The fraction of sp³-hybridized carbons (Fsp3) is 0.200. The highest BCUT2D eigenvalue weighted by molar-refractivity contribution is 8.00. The highest BCUT2D eigenvalue weighted by Gasteiger charge is 2.17. The molecule has 0 saturated heterocycles. The molecule has 1 aromatic heterocycles. The monoisotopic (exact) mass is 336 g/mol. The predicted molar refractivity (Wildman–Crippen MR) is 88.7 cm³/mol. The van der Waals surface area contributed by atoms with Crippen LogP contribution >= 0.6 is 34.7 Å². The molecule has 0 fully saturated rings. The van der Waals surface area contributed by atoms with E-state index in [4.69, 9.17) is 16.9 Å². The van der Waals surface area contributed by atoms with E-state index in [1.54, 1.807) is 11.3 Å². The Morgan fingerprint density at radius 1 is 1.33 bits per heavy atom. The van der Waals surface area contributed by atoms with Gasteiger partial charge >= 0.3 is 0 Å². The van der Waals surface area contributed by atoms with Gasteiger partial charge in [-0.05, 0) is 40.1 Å². The van der Waals surface area contributed by atoms with Gasteiger partial charge in [0.2, 0.25) is 5.91 Å². The zero-order valence-electron chi connectivity index (χ0n) is 11.1. The SMILES string of the molecule is N#CCSCC(=O)NC(c1ccc(Cl)cc1)c1ccsc1. The summed E-state index contributed by atoms with van der Waals surface area (Å²) in [5.74, 6) is 0.514. The average molecular weight is 337 g/mol. The summed E-state index contributed by atoms with van der Waals surface area (Å²) in [6.45, 7) is 0. The van der Waals surface area contributed by atoms with Crippen molar-refractivity contribution in [3.63, 3.8) is 0 Å². The highest BCUT2D eigenvalue weighted by atomic mass is 35.5. The fourth-order valence-electron chi connectivity index (χ4n) is 1.85. The van der Waals surface area contributed by atoms with Gasteiger partial charge in [0.15, 0.2) is 0 Å². The number of nitrogens with one attached hydrogen (secondary N) is 1. The van der Waals surface area contributed by atoms with Gasteiger partial charge < -0.3 is 5.32 Å². The van der Waals surface area contributed by atoms with E-state index in [1.165, 1.54) is 11.8 Å². The van der Waals surface area contributed by atoms with Crippen molar-refractivity contribution in [1.82, 2.24) is 5.32 Å². The lowest BCUT2D eigenvalue weighted by Crippen LogP contribution is -2.30. The third kappa shape index (κ3) is 4.78. The van der Waals surface area contributed by atoms with E-state index < -0.39 is 0 Å². The van der Waals surface area contributed by atoms with Crippen LogP contribution in [0.1, 0.15) is 17.2 Å². The van der Waals surface area contributed by atoms with Gasteiger partial charge in [-0.1, -0.05) is 23.7 Å². The van der Waals surface area contributed by atoms with Gasteiger partial charge in [-0.15, -0.1) is 11.8 Å². The first kappa shape index (κ1) is 15.9. The molecule has 1 unspecified atom stereocenters. The number of benzene rings is 1. The molecule has 1 atom stereocenters. The predicted octanol–water partition coefficient (Wildman–Crippen LogP) is 3.86. The number of hydrogen-bond acceptors (Lipinski definition) is 4. The van der Waals surface area contributed by atoms with Gasteiger partial charge in [-0.3, -0.25) is 4.79 Å². The first-order valence-electron chi connectivity index (χ1n) is 6.22. The van der Waals surface area contributed by atoms with Crippen molar-refractivity contribution in [2.45, 2.75) is 6.04 Å². The van der Waals surface area contributed by atoms with Crippen LogP contribution in [-0.4, -0.2) is 17.4 Å². The second kappa shape index (κ2) is 8.08. The first-order valence-corrected chi connectivity index (χ1v) is 8.70. The summed E-state index contributed by atoms with van der Waals surface area (Å²) in [5.41, 5.74) is 2.03. The molecule has 1 N–H and O–H groups in total. The molecule has 108 valence electrons. The second-order valence-corrected chi connectivity index (χ2v) is 6.46. The minimum absolute atomic E-state index is 0.0820. The lowest BCUT2D eigenvalue weighted by Gasteiger charge is -2.18. The molecule has 0 saturated carbocycles. The number of nitriles is 1. The third-order valence-corrected chi connectivity index (χ3v) is 4.54. The Balaban J connectivity index is 2.12. The van der Waals surface area contributed by atoms with E-state index in [9.17, 15) is 4.79 Å². The van der Waals surface area contributed by atoms with Gasteiger partial charge in [0, 0.05) is 5.02 Å². The van der Waals surface area contributed by atoms with Crippen molar-refractivity contribution in [3.05, 3.63) is 57.2 Å². The molecular weight excluding hydrogens is 324 g/mol. The maximum atomic E-state index is 12.0. The molecule has 0 aliphatic heterocycles. The normalized spacial score (nSPS) is 11.6. The van der Waals surface area contributed by atoms with Crippen molar-refractivity contribution >= 4 is 40.6 Å². The fourth-order valence-corrected chi connectivity index (χ4v) is 3.12. The minimum atomic E-state index is -0.191. The van der Waals surface area contributed by atoms with Crippen molar-refractivity contribution < 1.29 is 4.79 Å². The molecule has 1 aromatic carbocycles. The zero-order valence-corrected chi connectivity index (χ0v) is 13.5. The van der Waals surface area contributed by atoms with Crippen molar-refractivity contribution in [2.75, 3.05) is 11.5 Å². The molecule has 0 aliphatic rings. The standard InChI is InChI=1S/C15H13ClN2OS2/c16-13-3-1-11(2-4-13)15(12-5-7-20-9-12)18-14(19)10-21-8-6-17/h1-5,7,9,15H,8,10H2,(H,18,19). The van der Waals surface area contributed by atoms with E-state index in [1.807, 2.05) is 47.2 Å². The van der Waals surface area contributed by atoms with E-state index >= 15 is 0 Å². The summed E-state index contributed by atoms with van der Waals surface area (Å²) in [6.07, 6.45) is 0. The Bertz CT molecular complexity index is 620. The summed E-state index contributed by atoms with van der Waals surface area (Å²) in [5, 5.41) is 16.2. The average Bonchev–Trinajstić information content (AvgIpc) is 3.00. The molecule has 21 heavy (non-hydrogen) atoms. The van der Waals surface area contributed by atoms with Crippen LogP contribution in [0.4, 0.5) is 0 Å². The zero-order chi connectivity index (χ0) is 15.1. The summed E-state index contributed by atoms with van der Waals surface area (Å²) in [4.78, 5) is 12.0. The van der Waals surface area contributed by atoms with Gasteiger partial charge in [-0.2, -0.15) is 16.6 Å². The van der Waals surface area contributed by atoms with Crippen LogP contribution in [0.25, 0.3) is 0 Å². The molecule has 0 radical (unpaired) electrons. The van der Waals surface area contributed by atoms with Crippen molar-refractivity contribution in [3.8, 4) is 6.07 Å². The van der Waals surface area contributed by atoms with E-state index in [0.29, 0.717) is 10.8 Å². The quantitative estimate of drug-likeness (QED) is 0.815. The van der Waals surface area contributed by atoms with E-state index in [-0.39, 0.29) is 17.7 Å². The largest absolute Gasteiger partial charge is 0.344 e. The third-order valence-electron chi connectivity index (χ3n) is 2.78. The number of hydrogen-bond donors (Lipinski definition) is 1. The Kier molecular flexibility index (Phi) is 6.12. The molecule has 0 aliphatic carbocycles. The molecule has 0 bridgehead atoms. The van der Waals surface area contributed by atoms with Gasteiger partial charge in [0.05, 0.1) is 23.6 Å². The maximum absolute atomic E-state index is 12.0. The number of amides is 1. The second-order valence-electron chi connectivity index (χ2n) is 4.26. The topological polar surface area (TPSA) is 52.9 Å². The Hall–Kier alpha value is -1.48. The number of carbonyl (C=O) groups excluding carboxylic acids is 1. The van der Waals surface area contributed by atoms with Crippen LogP contribution in [0.3, 0.4) is 0 Å². The maximum Gasteiger partial charge on any atom is 0.230 e. The van der Waals surface area contributed by atoms with Crippen molar-refractivity contribution in [1.29, 1.82) is 5.26 Å². The number of rotatable bonds is 6. The van der Waals surface area contributed by atoms with Crippen LogP contribution in [0.15, 0.2) is 41.1 Å². The van der Waals surface area contributed by atoms with Crippen LogP contribution in [0.5, 0.6) is 0 Å². The van der Waals surface area contributed by atoms with Crippen LogP contribution < -0.4 is 5.32 Å². The van der Waals surface area contributed by atoms with Crippen LogP contribution in [0, 0.1) is 11.3 Å². The molecule has 3 nitrogen and oxygen atoms in total. The number of nitrogens with zero attached hydrogens (tertiary/aromatic N) is 1. The van der Waals surface area contributed by atoms with Crippen LogP contribution in [0.2, 0.25) is 5.02 Å². The number of halogens is 1. The first-order chi connectivity index (χ1) is 10.2.